The fraction of sp³-hybridized carbons (Fsp3) is 0.333. The van der Waals surface area contributed by atoms with Gasteiger partial charge in [-0.15, -0.1) is 0 Å². The van der Waals surface area contributed by atoms with Crippen LogP contribution in [0.5, 0.6) is 11.5 Å². The first-order valence-electron chi connectivity index (χ1n) is 8.07. The number of hydrogen-bond donors (Lipinski definition) is 1. The van der Waals surface area contributed by atoms with E-state index in [2.05, 4.69) is 32.7 Å². The van der Waals surface area contributed by atoms with Gasteiger partial charge < -0.3 is 14.7 Å². The molecule has 7 heteroatoms. The lowest BCUT2D eigenvalue weighted by Gasteiger charge is -2.28. The van der Waals surface area contributed by atoms with E-state index in [4.69, 9.17) is 9.73 Å². The van der Waals surface area contributed by atoms with Crippen molar-refractivity contribution >= 4 is 32.9 Å². The lowest BCUT2D eigenvalue weighted by Crippen LogP contribution is -2.28. The lowest BCUT2D eigenvalue weighted by molar-refractivity contribution is 0.318. The zero-order valence-electron chi connectivity index (χ0n) is 13.9. The topological polar surface area (TPSA) is 58.0 Å². The molecule has 5 nitrogen and oxygen atoms in total. The predicted molar refractivity (Wildman–Crippen MR) is 103 cm³/mol. The molecule has 0 aliphatic carbocycles. The number of aromatic nitrogens is 1. The summed E-state index contributed by atoms with van der Waals surface area (Å²) in [6, 6.07) is 9.73. The van der Waals surface area contributed by atoms with E-state index in [-0.39, 0.29) is 17.8 Å². The molecule has 0 spiro atoms. The molecule has 0 saturated carbocycles. The fourth-order valence-electron chi connectivity index (χ4n) is 3.40. The highest BCUT2D eigenvalue weighted by atomic mass is 79.9. The van der Waals surface area contributed by atoms with Crippen molar-refractivity contribution in [3.05, 3.63) is 52.3 Å². The van der Waals surface area contributed by atoms with Gasteiger partial charge in [-0.05, 0) is 45.8 Å². The summed E-state index contributed by atoms with van der Waals surface area (Å²) in [5.74, 6) is 0.571. The maximum atomic E-state index is 10.1. The molecule has 0 radical (unpaired) electrons. The third-order valence-electron chi connectivity index (χ3n) is 4.49. The van der Waals surface area contributed by atoms with Crippen LogP contribution >= 0.6 is 27.7 Å². The number of methoxy groups -OCH3 is 1. The summed E-state index contributed by atoms with van der Waals surface area (Å²) in [5, 5.41) is 11.7. The number of nitrogens with zero attached hydrogens (tertiary/aromatic N) is 3. The minimum atomic E-state index is -0.0719. The van der Waals surface area contributed by atoms with Gasteiger partial charge in [0.25, 0.3) is 0 Å². The Hall–Kier alpha value is -1.73. The van der Waals surface area contributed by atoms with E-state index in [9.17, 15) is 5.11 Å². The number of rotatable bonds is 3. The van der Waals surface area contributed by atoms with Crippen molar-refractivity contribution in [2.24, 2.45) is 4.99 Å². The van der Waals surface area contributed by atoms with Gasteiger partial charge in [0.2, 0.25) is 0 Å². The molecule has 2 aliphatic heterocycles. The first kappa shape index (κ1) is 16.7. The molecule has 1 aromatic heterocycles. The molecule has 25 heavy (non-hydrogen) atoms. The van der Waals surface area contributed by atoms with Crippen molar-refractivity contribution in [3.8, 4) is 11.5 Å². The number of thioether (sulfide) groups is 1. The van der Waals surface area contributed by atoms with Crippen molar-refractivity contribution < 1.29 is 9.84 Å². The SMILES string of the molecule is COc1cc([C@@H]2[C@@H](c3ccccn3)N=C3S[C@@H](C)CN32)cc(Br)c1O. The second kappa shape index (κ2) is 6.53. The summed E-state index contributed by atoms with van der Waals surface area (Å²) in [4.78, 5) is 11.8. The molecule has 2 aliphatic rings. The van der Waals surface area contributed by atoms with E-state index >= 15 is 0 Å². The normalized spacial score (nSPS) is 25.0. The molecule has 1 saturated heterocycles. The molecule has 2 aromatic rings. The average molecular weight is 420 g/mol. The number of halogens is 1. The number of phenolic OH excluding ortho intramolecular Hbond substituents is 1. The molecule has 3 atom stereocenters. The van der Waals surface area contributed by atoms with Gasteiger partial charge in [0.05, 0.1) is 23.3 Å². The molecular weight excluding hydrogens is 402 g/mol. The maximum Gasteiger partial charge on any atom is 0.172 e. The van der Waals surface area contributed by atoms with Crippen LogP contribution < -0.4 is 4.74 Å². The van der Waals surface area contributed by atoms with Crippen LogP contribution in [0, 0.1) is 0 Å². The van der Waals surface area contributed by atoms with E-state index in [1.165, 1.54) is 0 Å². The number of aromatic hydroxyl groups is 1. The van der Waals surface area contributed by atoms with Crippen LogP contribution in [0.15, 0.2) is 46.0 Å². The van der Waals surface area contributed by atoms with Gasteiger partial charge in [0.1, 0.15) is 6.04 Å². The van der Waals surface area contributed by atoms with Crippen LogP contribution in [0.4, 0.5) is 0 Å². The first-order chi connectivity index (χ1) is 12.1. The van der Waals surface area contributed by atoms with Crippen molar-refractivity contribution in [3.63, 3.8) is 0 Å². The standard InChI is InChI=1S/C18H18BrN3O2S/c1-10-9-22-16(11-7-12(19)17(23)14(8-11)24-2)15(21-18(22)25-10)13-5-3-4-6-20-13/h3-8,10,15-16,23H,9H2,1-2H3/t10-,15+,16+/m0/s1. The zero-order valence-corrected chi connectivity index (χ0v) is 16.3. The van der Waals surface area contributed by atoms with Crippen LogP contribution in [0.1, 0.15) is 30.3 Å². The number of amidine groups is 1. The van der Waals surface area contributed by atoms with Crippen molar-refractivity contribution in [2.75, 3.05) is 13.7 Å². The zero-order chi connectivity index (χ0) is 17.6. The number of phenols is 1. The van der Waals surface area contributed by atoms with E-state index < -0.39 is 0 Å². The highest BCUT2D eigenvalue weighted by Gasteiger charge is 2.43. The maximum absolute atomic E-state index is 10.1. The lowest BCUT2D eigenvalue weighted by atomic mass is 9.96. The largest absolute Gasteiger partial charge is 0.503 e. The number of aliphatic imine (C=N–C) groups is 1. The summed E-state index contributed by atoms with van der Waals surface area (Å²) in [5.41, 5.74) is 2.00. The Bertz CT molecular complexity index is 831. The van der Waals surface area contributed by atoms with Crippen LogP contribution in [-0.4, -0.2) is 39.1 Å². The van der Waals surface area contributed by atoms with Gasteiger partial charge in [0, 0.05) is 18.0 Å². The molecule has 0 unspecified atom stereocenters. The van der Waals surface area contributed by atoms with Crippen LogP contribution in [0.3, 0.4) is 0 Å². The molecule has 4 rings (SSSR count). The summed E-state index contributed by atoms with van der Waals surface area (Å²) < 4.78 is 5.96. The Morgan fingerprint density at radius 3 is 2.92 bits per heavy atom. The van der Waals surface area contributed by atoms with Gasteiger partial charge in [-0.2, -0.15) is 0 Å². The molecule has 1 aromatic carbocycles. The van der Waals surface area contributed by atoms with Gasteiger partial charge in [-0.3, -0.25) is 9.98 Å². The number of hydrogen-bond acceptors (Lipinski definition) is 6. The van der Waals surface area contributed by atoms with E-state index in [0.717, 1.165) is 23.0 Å². The third-order valence-corrected chi connectivity index (χ3v) is 6.20. The minimum Gasteiger partial charge on any atom is -0.503 e. The molecule has 3 heterocycles. The molecule has 1 N–H and O–H groups in total. The monoisotopic (exact) mass is 419 g/mol. The Balaban J connectivity index is 1.81. The second-order valence-electron chi connectivity index (χ2n) is 6.19. The van der Waals surface area contributed by atoms with Crippen molar-refractivity contribution in [1.82, 2.24) is 9.88 Å². The Morgan fingerprint density at radius 1 is 1.36 bits per heavy atom. The van der Waals surface area contributed by atoms with Gasteiger partial charge in [0.15, 0.2) is 16.7 Å². The summed E-state index contributed by atoms with van der Waals surface area (Å²) in [6.07, 6.45) is 1.80. The minimum absolute atomic E-state index is 0.0353. The quantitative estimate of drug-likeness (QED) is 0.809. The molecule has 130 valence electrons. The molecule has 0 amide bonds. The van der Waals surface area contributed by atoms with Crippen LogP contribution in [-0.2, 0) is 0 Å². The third kappa shape index (κ3) is 2.89. The Labute approximate surface area is 159 Å². The Morgan fingerprint density at radius 2 is 2.20 bits per heavy atom. The van der Waals surface area contributed by atoms with Gasteiger partial charge >= 0.3 is 0 Å². The van der Waals surface area contributed by atoms with Crippen molar-refractivity contribution in [2.45, 2.75) is 24.3 Å². The molecule has 0 bridgehead atoms. The van der Waals surface area contributed by atoms with Gasteiger partial charge in [-0.1, -0.05) is 24.8 Å². The highest BCUT2D eigenvalue weighted by molar-refractivity contribution is 9.10. The summed E-state index contributed by atoms with van der Waals surface area (Å²) >= 11 is 5.24. The second-order valence-corrected chi connectivity index (χ2v) is 8.45. The Kier molecular flexibility index (Phi) is 4.37. The average Bonchev–Trinajstić information content (AvgIpc) is 3.14. The molecule has 1 fully saturated rings. The fourth-order valence-corrected chi connectivity index (χ4v) is 4.95. The smallest absolute Gasteiger partial charge is 0.172 e. The van der Waals surface area contributed by atoms with E-state index in [1.807, 2.05) is 30.3 Å². The summed E-state index contributed by atoms with van der Waals surface area (Å²) in [7, 11) is 1.56. The van der Waals surface area contributed by atoms with Crippen LogP contribution in [0.25, 0.3) is 0 Å². The number of fused-ring (bicyclic) bond motifs is 1. The van der Waals surface area contributed by atoms with E-state index in [0.29, 0.717) is 15.5 Å². The number of ether oxygens (including phenoxy) is 1. The molecular formula is C18H18BrN3O2S. The summed E-state index contributed by atoms with van der Waals surface area (Å²) in [6.45, 7) is 3.16. The van der Waals surface area contributed by atoms with Crippen LogP contribution in [0.2, 0.25) is 0 Å². The highest BCUT2D eigenvalue weighted by Crippen LogP contribution is 2.49. The van der Waals surface area contributed by atoms with E-state index in [1.54, 1.807) is 25.1 Å². The van der Waals surface area contributed by atoms with Gasteiger partial charge in [-0.25, -0.2) is 0 Å². The predicted octanol–water partition coefficient (Wildman–Crippen LogP) is 4.15. The number of pyridine rings is 1. The number of benzene rings is 1. The first-order valence-corrected chi connectivity index (χ1v) is 9.74. The van der Waals surface area contributed by atoms with Crippen molar-refractivity contribution in [1.29, 1.82) is 0 Å².